The number of thioether (sulfide) groups is 1. The molecule has 1 rings (SSSR count). The van der Waals surface area contributed by atoms with Crippen LogP contribution in [0.15, 0.2) is 29.3 Å². The molecule has 23 heavy (non-hydrogen) atoms. The Balaban J connectivity index is 0.00000484. The summed E-state index contributed by atoms with van der Waals surface area (Å²) in [5.41, 5.74) is 0.939. The van der Waals surface area contributed by atoms with E-state index in [1.165, 1.54) is 6.07 Å². The highest BCUT2D eigenvalue weighted by atomic mass is 127. The average molecular weight is 454 g/mol. The van der Waals surface area contributed by atoms with Gasteiger partial charge < -0.3 is 15.5 Å². The highest BCUT2D eigenvalue weighted by Crippen LogP contribution is 2.19. The predicted octanol–water partition coefficient (Wildman–Crippen LogP) is 2.96. The average Bonchev–Trinajstić information content (AvgIpc) is 2.47. The van der Waals surface area contributed by atoms with Crippen LogP contribution in [-0.2, 0) is 0 Å². The maximum absolute atomic E-state index is 13.4. The van der Waals surface area contributed by atoms with E-state index in [0.29, 0.717) is 6.54 Å². The van der Waals surface area contributed by atoms with Crippen molar-refractivity contribution in [2.75, 3.05) is 45.7 Å². The summed E-state index contributed by atoms with van der Waals surface area (Å²) in [4.78, 5) is 6.69. The molecule has 0 bridgehead atoms. The van der Waals surface area contributed by atoms with Crippen molar-refractivity contribution in [3.8, 4) is 0 Å². The molecule has 0 radical (unpaired) electrons. The number of nitrogens with one attached hydrogen (secondary N) is 2. The zero-order valence-corrected chi connectivity index (χ0v) is 17.5. The molecule has 0 aliphatic rings. The Hall–Kier alpha value is -0.540. The van der Waals surface area contributed by atoms with Crippen LogP contribution in [-0.4, -0.2) is 56.6 Å². The van der Waals surface area contributed by atoms with Crippen LogP contribution in [0.5, 0.6) is 0 Å². The van der Waals surface area contributed by atoms with Gasteiger partial charge in [0.1, 0.15) is 5.82 Å². The van der Waals surface area contributed by atoms with Crippen LogP contribution < -0.4 is 10.6 Å². The molecule has 1 atom stereocenters. The summed E-state index contributed by atoms with van der Waals surface area (Å²) in [6.45, 7) is 4.31. The van der Waals surface area contributed by atoms with Gasteiger partial charge in [0.15, 0.2) is 5.96 Å². The molecule has 0 spiro atoms. The summed E-state index contributed by atoms with van der Waals surface area (Å²) < 4.78 is 13.4. The number of hydrogen-bond acceptors (Lipinski definition) is 3. The lowest BCUT2D eigenvalue weighted by Gasteiger charge is -2.23. The maximum atomic E-state index is 13.4. The van der Waals surface area contributed by atoms with Gasteiger partial charge in [0.25, 0.3) is 0 Å². The summed E-state index contributed by atoms with van der Waals surface area (Å²) >= 11 is 1.79. The Morgan fingerprint density at radius 2 is 2.09 bits per heavy atom. The molecular weight excluding hydrogens is 426 g/mol. The molecule has 0 amide bonds. The molecule has 132 valence electrons. The first-order chi connectivity index (χ1) is 10.6. The van der Waals surface area contributed by atoms with Crippen LogP contribution in [0.1, 0.15) is 18.5 Å². The van der Waals surface area contributed by atoms with E-state index in [0.717, 1.165) is 30.4 Å². The van der Waals surface area contributed by atoms with Gasteiger partial charge in [0.2, 0.25) is 0 Å². The summed E-state index contributed by atoms with van der Waals surface area (Å²) in [5.74, 6) is 1.63. The third kappa shape index (κ3) is 8.76. The van der Waals surface area contributed by atoms with Gasteiger partial charge in [-0.25, -0.2) is 4.39 Å². The monoisotopic (exact) mass is 454 g/mol. The molecule has 0 aliphatic heterocycles. The Morgan fingerprint density at radius 1 is 1.35 bits per heavy atom. The second kappa shape index (κ2) is 12.8. The first-order valence-electron chi connectivity index (χ1n) is 7.51. The minimum Gasteiger partial charge on any atom is -0.357 e. The van der Waals surface area contributed by atoms with Gasteiger partial charge in [-0.3, -0.25) is 4.99 Å². The number of halogens is 2. The van der Waals surface area contributed by atoms with E-state index >= 15 is 0 Å². The smallest absolute Gasteiger partial charge is 0.191 e. The highest BCUT2D eigenvalue weighted by Gasteiger charge is 2.14. The fourth-order valence-corrected chi connectivity index (χ4v) is 2.38. The third-order valence-corrected chi connectivity index (χ3v) is 3.83. The molecule has 7 heteroatoms. The first-order valence-corrected chi connectivity index (χ1v) is 8.90. The summed E-state index contributed by atoms with van der Waals surface area (Å²) in [6.07, 6.45) is 2.08. The third-order valence-electron chi connectivity index (χ3n) is 3.22. The van der Waals surface area contributed by atoms with E-state index in [1.54, 1.807) is 23.9 Å². The number of hydrogen-bond donors (Lipinski definition) is 2. The van der Waals surface area contributed by atoms with Crippen LogP contribution in [0, 0.1) is 5.82 Å². The molecule has 0 fully saturated rings. The van der Waals surface area contributed by atoms with E-state index in [-0.39, 0.29) is 35.8 Å². The van der Waals surface area contributed by atoms with E-state index in [4.69, 9.17) is 0 Å². The zero-order valence-electron chi connectivity index (χ0n) is 14.3. The second-order valence-corrected chi connectivity index (χ2v) is 6.16. The zero-order chi connectivity index (χ0) is 16.4. The Bertz CT molecular complexity index is 471. The number of aliphatic imine (C=N–C) groups is 1. The molecule has 0 saturated carbocycles. The maximum Gasteiger partial charge on any atom is 0.191 e. The van der Waals surface area contributed by atoms with Gasteiger partial charge in [-0.2, -0.15) is 11.8 Å². The number of nitrogens with zero attached hydrogens (tertiary/aromatic N) is 2. The van der Waals surface area contributed by atoms with E-state index in [1.807, 2.05) is 27.1 Å². The van der Waals surface area contributed by atoms with Gasteiger partial charge >= 0.3 is 0 Å². The van der Waals surface area contributed by atoms with Crippen molar-refractivity contribution in [3.63, 3.8) is 0 Å². The van der Waals surface area contributed by atoms with Gasteiger partial charge in [-0.05, 0) is 45.0 Å². The van der Waals surface area contributed by atoms with Gasteiger partial charge in [0, 0.05) is 18.8 Å². The molecule has 1 aromatic carbocycles. The molecule has 4 nitrogen and oxygen atoms in total. The van der Waals surface area contributed by atoms with Gasteiger partial charge in [-0.15, -0.1) is 24.0 Å². The molecule has 1 unspecified atom stereocenters. The SMILES string of the molecule is CCNC(=NCC(c1cccc(F)c1)N(C)C)NCCSC.I. The fourth-order valence-electron chi connectivity index (χ4n) is 2.07. The lowest BCUT2D eigenvalue weighted by Crippen LogP contribution is -2.39. The van der Waals surface area contributed by atoms with Crippen molar-refractivity contribution >= 4 is 41.7 Å². The summed E-state index contributed by atoms with van der Waals surface area (Å²) in [7, 11) is 3.97. The van der Waals surface area contributed by atoms with Gasteiger partial charge in [-0.1, -0.05) is 12.1 Å². The normalized spacial score (nSPS) is 12.7. The summed E-state index contributed by atoms with van der Waals surface area (Å²) in [5, 5.41) is 6.54. The van der Waals surface area contributed by atoms with Crippen LogP contribution in [0.25, 0.3) is 0 Å². The van der Waals surface area contributed by atoms with Crippen LogP contribution in [0.2, 0.25) is 0 Å². The molecule has 0 aliphatic carbocycles. The first kappa shape index (κ1) is 22.5. The molecule has 0 aromatic heterocycles. The topological polar surface area (TPSA) is 39.7 Å². The lowest BCUT2D eigenvalue weighted by atomic mass is 10.1. The lowest BCUT2D eigenvalue weighted by molar-refractivity contribution is 0.305. The minimum atomic E-state index is -0.210. The molecule has 0 heterocycles. The molecule has 1 aromatic rings. The van der Waals surface area contributed by atoms with Crippen LogP contribution in [0.4, 0.5) is 4.39 Å². The molecule has 0 saturated heterocycles. The van der Waals surface area contributed by atoms with Crippen LogP contribution in [0.3, 0.4) is 0 Å². The quantitative estimate of drug-likeness (QED) is 0.274. The standard InChI is InChI=1S/C16H27FN4S.HI/c1-5-18-16(19-9-10-22-4)20-12-15(21(2)3)13-7-6-8-14(17)11-13;/h6-8,11,15H,5,9-10,12H2,1-4H3,(H2,18,19,20);1H. The Labute approximate surface area is 160 Å². The largest absolute Gasteiger partial charge is 0.357 e. The second-order valence-electron chi connectivity index (χ2n) is 5.17. The fraction of sp³-hybridized carbons (Fsp3) is 0.562. The van der Waals surface area contributed by atoms with Crippen molar-refractivity contribution in [3.05, 3.63) is 35.6 Å². The van der Waals surface area contributed by atoms with Crippen molar-refractivity contribution in [2.45, 2.75) is 13.0 Å². The number of guanidine groups is 1. The van der Waals surface area contributed by atoms with E-state index in [2.05, 4.69) is 26.8 Å². The van der Waals surface area contributed by atoms with Crippen molar-refractivity contribution < 1.29 is 4.39 Å². The van der Waals surface area contributed by atoms with E-state index in [9.17, 15) is 4.39 Å². The number of benzene rings is 1. The number of rotatable bonds is 8. The van der Waals surface area contributed by atoms with Crippen LogP contribution >= 0.6 is 35.7 Å². The Morgan fingerprint density at radius 3 is 2.65 bits per heavy atom. The summed E-state index contributed by atoms with van der Waals surface area (Å²) in [6, 6.07) is 6.78. The van der Waals surface area contributed by atoms with E-state index < -0.39 is 0 Å². The van der Waals surface area contributed by atoms with Crippen molar-refractivity contribution in [2.24, 2.45) is 4.99 Å². The highest BCUT2D eigenvalue weighted by molar-refractivity contribution is 14.0. The molecule has 2 N–H and O–H groups in total. The van der Waals surface area contributed by atoms with Gasteiger partial charge in [0.05, 0.1) is 12.6 Å². The molecular formula is C16H28FIN4S. The van der Waals surface area contributed by atoms with Crippen molar-refractivity contribution in [1.29, 1.82) is 0 Å². The minimum absolute atomic E-state index is 0. The Kier molecular flexibility index (Phi) is 12.5. The number of likely N-dealkylation sites (N-methyl/N-ethyl adjacent to an activating group) is 1. The van der Waals surface area contributed by atoms with Crippen molar-refractivity contribution in [1.82, 2.24) is 15.5 Å². The predicted molar refractivity (Wildman–Crippen MR) is 111 cm³/mol.